The zero-order valence-corrected chi connectivity index (χ0v) is 14.1. The Balaban J connectivity index is 1.79. The maximum Gasteiger partial charge on any atom is 0.0715 e. The number of fused-ring (bicyclic) bond motifs is 3. The van der Waals surface area contributed by atoms with Crippen LogP contribution in [0.25, 0.3) is 0 Å². The van der Waals surface area contributed by atoms with Gasteiger partial charge in [0.25, 0.3) is 0 Å². The van der Waals surface area contributed by atoms with Gasteiger partial charge in [-0.05, 0) is 53.3 Å². The highest BCUT2D eigenvalue weighted by Crippen LogP contribution is 2.51. The molecule has 1 aliphatic carbocycles. The fourth-order valence-corrected chi connectivity index (χ4v) is 4.31. The van der Waals surface area contributed by atoms with E-state index in [4.69, 9.17) is 23.2 Å². The molecule has 3 atom stereocenters. The van der Waals surface area contributed by atoms with Crippen molar-refractivity contribution in [1.29, 1.82) is 0 Å². The van der Waals surface area contributed by atoms with Gasteiger partial charge in [0.2, 0.25) is 0 Å². The monoisotopic (exact) mass is 358 g/mol. The standard InChI is InChI=1S/C19H15Cl2NO2/c20-11-5-6-14(16(21)9-11)18-13-3-1-2-12(13)15-8-10(19(23)24)4-7-17(15)22-18/h1-2,4-9,12-13,18,22H,3H2,(H,23,24)/p-1/t12-,13-,18+/m0/s1. The minimum Gasteiger partial charge on any atom is -0.545 e. The molecule has 0 fully saturated rings. The lowest BCUT2D eigenvalue weighted by Crippen LogP contribution is -2.30. The molecule has 0 unspecified atom stereocenters. The Morgan fingerprint density at radius 2 is 1.96 bits per heavy atom. The summed E-state index contributed by atoms with van der Waals surface area (Å²) in [5, 5.41) is 15.9. The average molecular weight is 359 g/mol. The molecule has 5 heteroatoms. The van der Waals surface area contributed by atoms with Crippen molar-refractivity contribution in [3.8, 4) is 0 Å². The third-order valence-corrected chi connectivity index (χ3v) is 5.46. The molecule has 1 aliphatic heterocycles. The van der Waals surface area contributed by atoms with Crippen LogP contribution in [0.15, 0.2) is 48.6 Å². The second-order valence-corrected chi connectivity index (χ2v) is 7.07. The average Bonchev–Trinajstić information content (AvgIpc) is 3.04. The van der Waals surface area contributed by atoms with Gasteiger partial charge in [0.1, 0.15) is 0 Å². The zero-order chi connectivity index (χ0) is 16.8. The lowest BCUT2D eigenvalue weighted by molar-refractivity contribution is -0.255. The number of carboxylic acid groups (broad SMARTS) is 1. The number of hydrogen-bond acceptors (Lipinski definition) is 3. The Morgan fingerprint density at radius 3 is 2.71 bits per heavy atom. The van der Waals surface area contributed by atoms with Crippen LogP contribution in [0.1, 0.15) is 39.9 Å². The van der Waals surface area contributed by atoms with E-state index in [1.165, 1.54) is 0 Å². The van der Waals surface area contributed by atoms with Gasteiger partial charge < -0.3 is 15.2 Å². The van der Waals surface area contributed by atoms with Crippen molar-refractivity contribution in [3.05, 3.63) is 75.3 Å². The molecule has 4 rings (SSSR count). The number of carbonyl (C=O) groups excluding carboxylic acids is 1. The topological polar surface area (TPSA) is 52.2 Å². The summed E-state index contributed by atoms with van der Waals surface area (Å²) in [5.41, 5.74) is 3.15. The second kappa shape index (κ2) is 5.83. The van der Waals surface area contributed by atoms with Crippen LogP contribution < -0.4 is 10.4 Å². The second-order valence-electron chi connectivity index (χ2n) is 6.23. The normalized spacial score (nSPS) is 24.2. The number of aromatic carboxylic acids is 1. The molecule has 2 aliphatic rings. The van der Waals surface area contributed by atoms with Crippen LogP contribution in [0.5, 0.6) is 0 Å². The van der Waals surface area contributed by atoms with E-state index in [1.807, 2.05) is 12.1 Å². The van der Waals surface area contributed by atoms with Crippen molar-refractivity contribution in [2.24, 2.45) is 5.92 Å². The van der Waals surface area contributed by atoms with Crippen molar-refractivity contribution < 1.29 is 9.90 Å². The maximum atomic E-state index is 11.2. The van der Waals surface area contributed by atoms with Gasteiger partial charge in [0, 0.05) is 21.7 Å². The van der Waals surface area contributed by atoms with Gasteiger partial charge in [0.15, 0.2) is 0 Å². The van der Waals surface area contributed by atoms with Crippen LogP contribution in [0, 0.1) is 5.92 Å². The number of allylic oxidation sites excluding steroid dienone is 2. The molecule has 24 heavy (non-hydrogen) atoms. The summed E-state index contributed by atoms with van der Waals surface area (Å²) in [6.07, 6.45) is 5.21. The number of benzene rings is 2. The Hall–Kier alpha value is -1.97. The first kappa shape index (κ1) is 15.6. The molecule has 0 saturated heterocycles. The number of rotatable bonds is 2. The molecule has 0 spiro atoms. The molecule has 1 heterocycles. The first-order chi connectivity index (χ1) is 11.5. The summed E-state index contributed by atoms with van der Waals surface area (Å²) in [6, 6.07) is 10.7. The Labute approximate surface area is 149 Å². The molecule has 3 nitrogen and oxygen atoms in total. The lowest BCUT2D eigenvalue weighted by Gasteiger charge is -2.38. The lowest BCUT2D eigenvalue weighted by atomic mass is 9.76. The highest BCUT2D eigenvalue weighted by molar-refractivity contribution is 6.35. The number of carbonyl (C=O) groups is 1. The third kappa shape index (κ3) is 2.48. The molecule has 2 aromatic carbocycles. The van der Waals surface area contributed by atoms with E-state index in [9.17, 15) is 9.90 Å². The Kier molecular flexibility index (Phi) is 3.78. The Morgan fingerprint density at radius 1 is 1.12 bits per heavy atom. The number of hydrogen-bond donors (Lipinski definition) is 1. The van der Waals surface area contributed by atoms with E-state index >= 15 is 0 Å². The molecular weight excluding hydrogens is 345 g/mol. The molecule has 1 N–H and O–H groups in total. The van der Waals surface area contributed by atoms with Crippen LogP contribution in [-0.4, -0.2) is 5.97 Å². The Bertz CT molecular complexity index is 862. The quantitative estimate of drug-likeness (QED) is 0.819. The summed E-state index contributed by atoms with van der Waals surface area (Å²) in [6.45, 7) is 0. The van der Waals surface area contributed by atoms with E-state index in [2.05, 4.69) is 17.5 Å². The minimum atomic E-state index is -1.15. The van der Waals surface area contributed by atoms with Crippen LogP contribution in [-0.2, 0) is 0 Å². The van der Waals surface area contributed by atoms with Gasteiger partial charge in [-0.15, -0.1) is 0 Å². The summed E-state index contributed by atoms with van der Waals surface area (Å²) in [4.78, 5) is 11.2. The SMILES string of the molecule is O=C([O-])c1ccc2c(c1)[C@H]1C=CC[C@@H]1[C@H](c1ccc(Cl)cc1Cl)N2. The molecule has 0 amide bonds. The van der Waals surface area contributed by atoms with E-state index in [-0.39, 0.29) is 23.4 Å². The van der Waals surface area contributed by atoms with Crippen molar-refractivity contribution in [1.82, 2.24) is 0 Å². The number of nitrogens with one attached hydrogen (secondary N) is 1. The van der Waals surface area contributed by atoms with Crippen molar-refractivity contribution >= 4 is 34.9 Å². The van der Waals surface area contributed by atoms with Gasteiger partial charge >= 0.3 is 0 Å². The molecular formula is C19H14Cl2NO2-. The molecule has 122 valence electrons. The van der Waals surface area contributed by atoms with Gasteiger partial charge in [-0.1, -0.05) is 47.5 Å². The van der Waals surface area contributed by atoms with Gasteiger partial charge in [0.05, 0.1) is 12.0 Å². The van der Waals surface area contributed by atoms with E-state index in [0.717, 1.165) is 23.2 Å². The molecule has 2 aromatic rings. The van der Waals surface area contributed by atoms with E-state index < -0.39 is 5.97 Å². The number of carboxylic acids is 1. The molecule has 0 bridgehead atoms. The van der Waals surface area contributed by atoms with Crippen LogP contribution in [0.3, 0.4) is 0 Å². The molecule has 0 aromatic heterocycles. The van der Waals surface area contributed by atoms with Crippen molar-refractivity contribution in [2.75, 3.05) is 5.32 Å². The van der Waals surface area contributed by atoms with Gasteiger partial charge in [-0.25, -0.2) is 0 Å². The van der Waals surface area contributed by atoms with Crippen LogP contribution >= 0.6 is 23.2 Å². The predicted molar refractivity (Wildman–Crippen MR) is 93.6 cm³/mol. The fraction of sp³-hybridized carbons (Fsp3) is 0.211. The van der Waals surface area contributed by atoms with Crippen molar-refractivity contribution in [3.63, 3.8) is 0 Å². The largest absolute Gasteiger partial charge is 0.545 e. The smallest absolute Gasteiger partial charge is 0.0715 e. The van der Waals surface area contributed by atoms with Crippen LogP contribution in [0.2, 0.25) is 10.0 Å². The van der Waals surface area contributed by atoms with E-state index in [0.29, 0.717) is 10.0 Å². The fourth-order valence-electron chi connectivity index (χ4n) is 3.78. The first-order valence-electron chi connectivity index (χ1n) is 7.78. The van der Waals surface area contributed by atoms with Gasteiger partial charge in [-0.2, -0.15) is 0 Å². The van der Waals surface area contributed by atoms with Gasteiger partial charge in [-0.3, -0.25) is 0 Å². The molecule has 0 saturated carbocycles. The highest BCUT2D eigenvalue weighted by atomic mass is 35.5. The van der Waals surface area contributed by atoms with Crippen molar-refractivity contribution in [2.45, 2.75) is 18.4 Å². The summed E-state index contributed by atoms with van der Waals surface area (Å²) in [5.74, 6) is -0.704. The summed E-state index contributed by atoms with van der Waals surface area (Å²) >= 11 is 12.4. The summed E-state index contributed by atoms with van der Waals surface area (Å²) < 4.78 is 0. The number of anilines is 1. The van der Waals surface area contributed by atoms with Crippen LogP contribution in [0.4, 0.5) is 5.69 Å². The zero-order valence-electron chi connectivity index (χ0n) is 12.6. The minimum absolute atomic E-state index is 0.0519. The first-order valence-corrected chi connectivity index (χ1v) is 8.53. The summed E-state index contributed by atoms with van der Waals surface area (Å²) in [7, 11) is 0. The third-order valence-electron chi connectivity index (χ3n) is 4.90. The predicted octanol–water partition coefficient (Wildman–Crippen LogP) is 4.18. The maximum absolute atomic E-state index is 11.2. The molecule has 0 radical (unpaired) electrons. The highest BCUT2D eigenvalue weighted by Gasteiger charge is 2.38. The number of halogens is 2. The van der Waals surface area contributed by atoms with E-state index in [1.54, 1.807) is 24.3 Å².